The van der Waals surface area contributed by atoms with E-state index in [0.29, 0.717) is 23.5 Å². The fraction of sp³-hybridized carbons (Fsp3) is 0.364. The average molecular weight is 258 g/mol. The van der Waals surface area contributed by atoms with Crippen LogP contribution < -0.4 is 11.1 Å². The van der Waals surface area contributed by atoms with Gasteiger partial charge in [0.15, 0.2) is 0 Å². The van der Waals surface area contributed by atoms with Crippen LogP contribution in [-0.2, 0) is 15.6 Å². The van der Waals surface area contributed by atoms with Gasteiger partial charge in [-0.2, -0.15) is 0 Å². The predicted molar refractivity (Wildman–Crippen MR) is 65.4 cm³/mol. The third-order valence-electron chi connectivity index (χ3n) is 2.25. The second kappa shape index (κ2) is 6.34. The fourth-order valence-corrected chi connectivity index (χ4v) is 2.35. The van der Waals surface area contributed by atoms with Crippen molar-refractivity contribution >= 4 is 22.4 Å². The van der Waals surface area contributed by atoms with Crippen LogP contribution in [0.15, 0.2) is 23.1 Å². The van der Waals surface area contributed by atoms with E-state index >= 15 is 0 Å². The number of carbonyl (C=O) groups excluding carboxylic acids is 1. The van der Waals surface area contributed by atoms with Crippen LogP contribution in [0.2, 0.25) is 0 Å². The van der Waals surface area contributed by atoms with Gasteiger partial charge < -0.3 is 11.1 Å². The highest BCUT2D eigenvalue weighted by Crippen LogP contribution is 2.15. The number of anilines is 1. The summed E-state index contributed by atoms with van der Waals surface area (Å²) in [6, 6.07) is 4.10. The number of halogens is 1. The zero-order valence-electron chi connectivity index (χ0n) is 9.53. The van der Waals surface area contributed by atoms with Gasteiger partial charge in [-0.25, -0.2) is 4.39 Å². The number of nitrogens with two attached hydrogens (primary N) is 1. The van der Waals surface area contributed by atoms with Crippen LogP contribution in [0.25, 0.3) is 0 Å². The van der Waals surface area contributed by atoms with Crippen LogP contribution in [0.4, 0.5) is 10.1 Å². The first-order chi connectivity index (χ1) is 8.04. The molecule has 0 aliphatic carbocycles. The van der Waals surface area contributed by atoms with E-state index in [9.17, 15) is 13.4 Å². The molecule has 0 fully saturated rings. The number of rotatable bonds is 5. The number of amides is 1. The lowest BCUT2D eigenvalue weighted by atomic mass is 10.3. The molecule has 0 aliphatic rings. The molecule has 17 heavy (non-hydrogen) atoms. The van der Waals surface area contributed by atoms with Crippen molar-refractivity contribution in [3.05, 3.63) is 24.0 Å². The van der Waals surface area contributed by atoms with Gasteiger partial charge in [-0.3, -0.25) is 9.00 Å². The monoisotopic (exact) mass is 258 g/mol. The number of nitrogen functional groups attached to an aromatic ring is 1. The summed E-state index contributed by atoms with van der Waals surface area (Å²) in [7, 11) is 0.254. The SMILES string of the molecule is CNC(=O)CCCS(=O)c1ccc(N)c(F)c1. The molecule has 3 N–H and O–H groups in total. The first-order valence-electron chi connectivity index (χ1n) is 5.18. The van der Waals surface area contributed by atoms with Gasteiger partial charge in [-0.15, -0.1) is 0 Å². The van der Waals surface area contributed by atoms with Crippen molar-refractivity contribution in [3.8, 4) is 0 Å². The van der Waals surface area contributed by atoms with Gasteiger partial charge in [0.05, 0.1) is 16.5 Å². The molecule has 1 rings (SSSR count). The number of nitrogens with one attached hydrogen (secondary N) is 1. The van der Waals surface area contributed by atoms with E-state index in [4.69, 9.17) is 5.73 Å². The number of benzene rings is 1. The summed E-state index contributed by atoms with van der Waals surface area (Å²) >= 11 is 0. The Balaban J connectivity index is 2.52. The van der Waals surface area contributed by atoms with Gasteiger partial charge in [-0.1, -0.05) is 0 Å². The molecule has 94 valence electrons. The maximum atomic E-state index is 13.1. The molecule has 1 aromatic rings. The second-order valence-corrected chi connectivity index (χ2v) is 5.08. The van der Waals surface area contributed by atoms with Gasteiger partial charge in [-0.05, 0) is 24.6 Å². The Morgan fingerprint density at radius 1 is 1.53 bits per heavy atom. The summed E-state index contributed by atoms with van der Waals surface area (Å²) in [5, 5.41) is 2.48. The van der Waals surface area contributed by atoms with Gasteiger partial charge in [0, 0.05) is 24.1 Å². The zero-order valence-corrected chi connectivity index (χ0v) is 10.3. The molecule has 0 heterocycles. The maximum absolute atomic E-state index is 13.1. The van der Waals surface area contributed by atoms with E-state index in [1.54, 1.807) is 7.05 Å². The fourth-order valence-electron chi connectivity index (χ4n) is 1.26. The minimum Gasteiger partial charge on any atom is -0.396 e. The van der Waals surface area contributed by atoms with Gasteiger partial charge in [0.2, 0.25) is 5.91 Å². The highest BCUT2D eigenvalue weighted by Gasteiger charge is 2.08. The van der Waals surface area contributed by atoms with Crippen LogP contribution in [0.5, 0.6) is 0 Å². The summed E-state index contributed by atoms with van der Waals surface area (Å²) in [4.78, 5) is 11.3. The summed E-state index contributed by atoms with van der Waals surface area (Å²) in [5.41, 5.74) is 5.36. The number of carbonyl (C=O) groups is 1. The molecule has 0 bridgehead atoms. The lowest BCUT2D eigenvalue weighted by Crippen LogP contribution is -2.17. The van der Waals surface area contributed by atoms with Gasteiger partial charge in [0.1, 0.15) is 5.82 Å². The van der Waals surface area contributed by atoms with Crippen LogP contribution in [-0.4, -0.2) is 22.9 Å². The summed E-state index contributed by atoms with van der Waals surface area (Å²) in [6.45, 7) is 0. The number of hydrogen-bond donors (Lipinski definition) is 2. The van der Waals surface area contributed by atoms with Crippen molar-refractivity contribution in [1.29, 1.82) is 0 Å². The first kappa shape index (κ1) is 13.6. The molecular formula is C11H15FN2O2S. The lowest BCUT2D eigenvalue weighted by Gasteiger charge is -2.03. The molecule has 6 heteroatoms. The van der Waals surface area contributed by atoms with Crippen molar-refractivity contribution in [2.75, 3.05) is 18.5 Å². The van der Waals surface area contributed by atoms with Crippen molar-refractivity contribution < 1.29 is 13.4 Å². The Bertz CT molecular complexity index is 437. The molecule has 0 aromatic heterocycles. The van der Waals surface area contributed by atoms with Crippen LogP contribution >= 0.6 is 0 Å². The lowest BCUT2D eigenvalue weighted by molar-refractivity contribution is -0.120. The number of hydrogen-bond acceptors (Lipinski definition) is 3. The minimum atomic E-state index is -1.30. The van der Waals surface area contributed by atoms with E-state index in [1.807, 2.05) is 0 Å². The van der Waals surface area contributed by atoms with Crippen LogP contribution in [0, 0.1) is 5.82 Å². The molecule has 0 saturated carbocycles. The molecule has 1 amide bonds. The predicted octanol–water partition coefficient (Wildman–Crippen LogP) is 1.04. The second-order valence-electron chi connectivity index (χ2n) is 3.51. The van der Waals surface area contributed by atoms with Gasteiger partial charge >= 0.3 is 0 Å². The van der Waals surface area contributed by atoms with Crippen molar-refractivity contribution in [1.82, 2.24) is 5.32 Å². The summed E-state index contributed by atoms with van der Waals surface area (Å²) in [5.74, 6) is -0.329. The van der Waals surface area contributed by atoms with E-state index in [-0.39, 0.29) is 11.6 Å². The largest absolute Gasteiger partial charge is 0.396 e. The highest BCUT2D eigenvalue weighted by molar-refractivity contribution is 7.85. The Morgan fingerprint density at radius 3 is 2.82 bits per heavy atom. The van der Waals surface area contributed by atoms with Crippen molar-refractivity contribution in [3.63, 3.8) is 0 Å². The van der Waals surface area contributed by atoms with Crippen molar-refractivity contribution in [2.24, 2.45) is 0 Å². The van der Waals surface area contributed by atoms with Crippen molar-refractivity contribution in [2.45, 2.75) is 17.7 Å². The van der Waals surface area contributed by atoms with E-state index in [1.165, 1.54) is 18.2 Å². The smallest absolute Gasteiger partial charge is 0.219 e. The third kappa shape index (κ3) is 4.14. The minimum absolute atomic E-state index is 0.0381. The Kier molecular flexibility index (Phi) is 5.09. The van der Waals surface area contributed by atoms with E-state index < -0.39 is 16.6 Å². The highest BCUT2D eigenvalue weighted by atomic mass is 32.2. The molecule has 0 saturated heterocycles. The summed E-state index contributed by atoms with van der Waals surface area (Å²) < 4.78 is 24.9. The van der Waals surface area contributed by atoms with Gasteiger partial charge in [0.25, 0.3) is 0 Å². The molecular weight excluding hydrogens is 243 g/mol. The molecule has 4 nitrogen and oxygen atoms in total. The quantitative estimate of drug-likeness (QED) is 0.775. The molecule has 1 atom stereocenters. The topological polar surface area (TPSA) is 72.2 Å². The Morgan fingerprint density at radius 2 is 2.24 bits per heavy atom. The van der Waals surface area contributed by atoms with E-state index in [2.05, 4.69) is 5.32 Å². The zero-order chi connectivity index (χ0) is 12.8. The normalized spacial score (nSPS) is 12.1. The van der Waals surface area contributed by atoms with Crippen LogP contribution in [0.1, 0.15) is 12.8 Å². The molecule has 1 aromatic carbocycles. The Hall–Kier alpha value is -1.43. The third-order valence-corrected chi connectivity index (χ3v) is 3.69. The molecule has 0 spiro atoms. The Labute approximate surface area is 102 Å². The molecule has 0 aliphatic heterocycles. The first-order valence-corrected chi connectivity index (χ1v) is 6.50. The maximum Gasteiger partial charge on any atom is 0.219 e. The molecule has 1 unspecified atom stereocenters. The standard InChI is InChI=1S/C11H15FN2O2S/c1-14-11(15)3-2-6-17(16)8-4-5-10(13)9(12)7-8/h4-5,7H,2-3,6,13H2,1H3,(H,14,15). The van der Waals surface area contributed by atoms with Crippen LogP contribution in [0.3, 0.4) is 0 Å². The van der Waals surface area contributed by atoms with E-state index in [0.717, 1.165) is 0 Å². The molecule has 0 radical (unpaired) electrons. The average Bonchev–Trinajstić information content (AvgIpc) is 2.32. The summed E-state index contributed by atoms with van der Waals surface area (Å²) in [6.07, 6.45) is 0.817.